The van der Waals surface area contributed by atoms with Crippen molar-refractivity contribution in [3.05, 3.63) is 58.3 Å². The number of aromatic nitrogens is 3. The van der Waals surface area contributed by atoms with Crippen LogP contribution in [0.25, 0.3) is 11.0 Å². The highest BCUT2D eigenvalue weighted by molar-refractivity contribution is 5.75. The highest BCUT2D eigenvalue weighted by atomic mass is 16.6. The van der Waals surface area contributed by atoms with Crippen LogP contribution < -0.4 is 20.3 Å². The predicted octanol–water partition coefficient (Wildman–Crippen LogP) is 1.67. The van der Waals surface area contributed by atoms with Gasteiger partial charge in [-0.05, 0) is 37.8 Å². The molecule has 1 saturated carbocycles. The summed E-state index contributed by atoms with van der Waals surface area (Å²) < 4.78 is 19.0. The lowest BCUT2D eigenvalue weighted by molar-refractivity contribution is -0.211. The number of aliphatic hydroxyl groups excluding tert-OH is 1. The highest BCUT2D eigenvalue weighted by Gasteiger charge is 2.53. The van der Waals surface area contributed by atoms with Crippen LogP contribution in [0.4, 0.5) is 0 Å². The normalized spacial score (nSPS) is 25.4. The van der Waals surface area contributed by atoms with E-state index >= 15 is 0 Å². The van der Waals surface area contributed by atoms with Crippen LogP contribution in [0.2, 0.25) is 0 Å². The first kappa shape index (κ1) is 22.9. The Labute approximate surface area is 207 Å². The summed E-state index contributed by atoms with van der Waals surface area (Å²) in [6, 6.07) is 8.68. The summed E-state index contributed by atoms with van der Waals surface area (Å²) in [4.78, 5) is 21.4. The van der Waals surface area contributed by atoms with E-state index in [0.29, 0.717) is 61.6 Å². The number of nitrogens with one attached hydrogen (secondary N) is 1. The van der Waals surface area contributed by atoms with Crippen molar-refractivity contribution in [3.63, 3.8) is 0 Å². The Kier molecular flexibility index (Phi) is 5.63. The summed E-state index contributed by atoms with van der Waals surface area (Å²) in [7, 11) is 0. The maximum absolute atomic E-state index is 12.7. The molecule has 36 heavy (non-hydrogen) atoms. The first-order valence-corrected chi connectivity index (χ1v) is 12.2. The first-order valence-electron chi connectivity index (χ1n) is 12.2. The lowest BCUT2D eigenvalue weighted by Crippen LogP contribution is -2.65. The topological polar surface area (TPSA) is 132 Å². The van der Waals surface area contributed by atoms with Gasteiger partial charge < -0.3 is 29.2 Å². The Morgan fingerprint density at radius 2 is 1.92 bits per heavy atom. The van der Waals surface area contributed by atoms with Crippen LogP contribution in [0.1, 0.15) is 36.9 Å². The average Bonchev–Trinajstić information content (AvgIpc) is 2.94. The molecule has 4 aliphatic rings. The van der Waals surface area contributed by atoms with E-state index in [2.05, 4.69) is 21.4 Å². The number of nitriles is 1. The van der Waals surface area contributed by atoms with Crippen LogP contribution in [0, 0.1) is 11.3 Å². The maximum atomic E-state index is 12.7. The van der Waals surface area contributed by atoms with Crippen molar-refractivity contribution in [2.75, 3.05) is 19.8 Å². The molecule has 6 heterocycles. The second-order valence-electron chi connectivity index (χ2n) is 9.84. The molecular formula is C26H27N5O5. The molecule has 10 heteroatoms. The van der Waals surface area contributed by atoms with Crippen LogP contribution in [0.3, 0.4) is 0 Å². The molecule has 2 bridgehead atoms. The van der Waals surface area contributed by atoms with Gasteiger partial charge >= 0.3 is 0 Å². The van der Waals surface area contributed by atoms with Gasteiger partial charge in [0.05, 0.1) is 47.2 Å². The van der Waals surface area contributed by atoms with Crippen molar-refractivity contribution in [3.8, 4) is 17.6 Å². The van der Waals surface area contributed by atoms with E-state index in [1.54, 1.807) is 18.3 Å². The fourth-order valence-electron chi connectivity index (χ4n) is 5.50. The molecule has 3 aromatic rings. The van der Waals surface area contributed by atoms with Gasteiger partial charge in [0.2, 0.25) is 0 Å². The van der Waals surface area contributed by atoms with Crippen LogP contribution in [-0.2, 0) is 17.8 Å². The third kappa shape index (κ3) is 3.99. The molecule has 10 nitrogen and oxygen atoms in total. The molecule has 1 unspecified atom stereocenters. The van der Waals surface area contributed by atoms with Crippen molar-refractivity contribution in [2.45, 2.75) is 56.0 Å². The molecule has 3 aromatic heterocycles. The van der Waals surface area contributed by atoms with Gasteiger partial charge in [-0.25, -0.2) is 0 Å². The molecular weight excluding hydrogens is 462 g/mol. The van der Waals surface area contributed by atoms with Crippen molar-refractivity contribution >= 4 is 11.0 Å². The van der Waals surface area contributed by atoms with Crippen LogP contribution in [-0.4, -0.2) is 56.7 Å². The molecule has 0 spiro atoms. The molecule has 0 amide bonds. The van der Waals surface area contributed by atoms with Gasteiger partial charge in [-0.3, -0.25) is 14.8 Å². The number of pyridine rings is 3. The average molecular weight is 490 g/mol. The largest absolute Gasteiger partial charge is 0.486 e. The second kappa shape index (κ2) is 8.85. The third-order valence-corrected chi connectivity index (χ3v) is 7.75. The molecule has 3 fully saturated rings. The quantitative estimate of drug-likeness (QED) is 0.531. The van der Waals surface area contributed by atoms with Gasteiger partial charge in [0.15, 0.2) is 11.5 Å². The van der Waals surface area contributed by atoms with Crippen molar-refractivity contribution in [2.24, 2.45) is 0 Å². The molecule has 0 radical (unpaired) electrons. The zero-order valence-corrected chi connectivity index (χ0v) is 19.8. The fourth-order valence-corrected chi connectivity index (χ4v) is 5.50. The summed E-state index contributed by atoms with van der Waals surface area (Å²) in [6.45, 7) is 2.20. The Hall–Kier alpha value is -3.52. The summed E-state index contributed by atoms with van der Waals surface area (Å²) >= 11 is 0. The fraction of sp³-hybridized carbons (Fsp3) is 0.462. The highest BCUT2D eigenvalue weighted by Crippen LogP contribution is 2.46. The number of nitrogens with zero attached hydrogens (tertiary/aromatic N) is 4. The Morgan fingerprint density at radius 3 is 2.67 bits per heavy atom. The number of ether oxygens (including phenoxy) is 3. The SMILES string of the molecule is N#Cc1cnc2ccc(=O)n(CC(O)C34CCC(NCc5cc6c(cn5)OCCO6)(CC3)CO4)c2c1. The number of hydrogen-bond acceptors (Lipinski definition) is 9. The molecule has 2 N–H and O–H groups in total. The molecule has 186 valence electrons. The standard InChI is InChI=1S/C26H27N5O5/c27-11-17-9-20-19(29-12-17)1-2-24(33)31(20)15-23(32)26-5-3-25(4-6-26,16-36-26)30-13-18-10-21-22(14-28-18)35-8-7-34-21/h1-2,9-10,12,14,23,30,32H,3-8,13,15-16H2. The van der Waals surface area contributed by atoms with Crippen molar-refractivity contribution in [1.82, 2.24) is 19.9 Å². The molecule has 3 aliphatic heterocycles. The van der Waals surface area contributed by atoms with E-state index < -0.39 is 11.7 Å². The first-order chi connectivity index (χ1) is 17.5. The maximum Gasteiger partial charge on any atom is 0.251 e. The van der Waals surface area contributed by atoms with E-state index in [1.165, 1.54) is 16.8 Å². The van der Waals surface area contributed by atoms with Crippen LogP contribution in [0.5, 0.6) is 11.5 Å². The minimum absolute atomic E-state index is 0.0777. The monoisotopic (exact) mass is 489 g/mol. The predicted molar refractivity (Wildman–Crippen MR) is 129 cm³/mol. The zero-order valence-electron chi connectivity index (χ0n) is 19.8. The summed E-state index contributed by atoms with van der Waals surface area (Å²) in [5, 5.41) is 24.2. The molecule has 1 atom stereocenters. The van der Waals surface area contributed by atoms with E-state index in [4.69, 9.17) is 14.2 Å². The van der Waals surface area contributed by atoms with Crippen molar-refractivity contribution < 1.29 is 19.3 Å². The molecule has 1 aliphatic carbocycles. The Bertz CT molecular complexity index is 1390. The zero-order chi connectivity index (χ0) is 24.8. The van der Waals surface area contributed by atoms with E-state index in [0.717, 1.165) is 24.3 Å². The van der Waals surface area contributed by atoms with E-state index in [1.807, 2.05) is 6.07 Å². The van der Waals surface area contributed by atoms with Crippen LogP contribution >= 0.6 is 0 Å². The van der Waals surface area contributed by atoms with Gasteiger partial charge in [0.1, 0.15) is 25.4 Å². The second-order valence-corrected chi connectivity index (χ2v) is 9.84. The smallest absolute Gasteiger partial charge is 0.251 e. The summed E-state index contributed by atoms with van der Waals surface area (Å²) in [6.07, 6.45) is 5.36. The number of hydrogen-bond donors (Lipinski definition) is 2. The van der Waals surface area contributed by atoms with Gasteiger partial charge in [-0.1, -0.05) is 0 Å². The lowest BCUT2D eigenvalue weighted by Gasteiger charge is -2.55. The van der Waals surface area contributed by atoms with Crippen molar-refractivity contribution in [1.29, 1.82) is 5.26 Å². The van der Waals surface area contributed by atoms with E-state index in [9.17, 15) is 15.2 Å². The number of fused-ring (bicyclic) bond motifs is 5. The van der Waals surface area contributed by atoms with E-state index in [-0.39, 0.29) is 17.6 Å². The summed E-state index contributed by atoms with van der Waals surface area (Å²) in [5.74, 6) is 1.39. The van der Waals surface area contributed by atoms with Gasteiger partial charge in [-0.15, -0.1) is 0 Å². The number of rotatable bonds is 6. The minimum atomic E-state index is -0.871. The van der Waals surface area contributed by atoms with Gasteiger partial charge in [0, 0.05) is 30.4 Å². The minimum Gasteiger partial charge on any atom is -0.486 e. The lowest BCUT2D eigenvalue weighted by atomic mass is 9.69. The Balaban J connectivity index is 1.14. The summed E-state index contributed by atoms with van der Waals surface area (Å²) in [5.41, 5.74) is 1.23. The molecule has 7 rings (SSSR count). The van der Waals surface area contributed by atoms with Gasteiger partial charge in [0.25, 0.3) is 5.56 Å². The van der Waals surface area contributed by atoms with Gasteiger partial charge in [-0.2, -0.15) is 5.26 Å². The molecule has 0 aromatic carbocycles. The van der Waals surface area contributed by atoms with Crippen LogP contribution in [0.15, 0.2) is 41.5 Å². The number of aliphatic hydroxyl groups is 1. The molecule has 2 saturated heterocycles. The Morgan fingerprint density at radius 1 is 1.11 bits per heavy atom. The third-order valence-electron chi connectivity index (χ3n) is 7.75.